The number of methoxy groups -OCH3 is 1. The average molecular weight is 290 g/mol. The topological polar surface area (TPSA) is 32.8 Å². The highest BCUT2D eigenvalue weighted by Gasteiger charge is 2.23. The van der Waals surface area contributed by atoms with E-state index in [4.69, 9.17) is 4.74 Å². The Hall–Kier alpha value is -1.39. The summed E-state index contributed by atoms with van der Waals surface area (Å²) in [6.07, 6.45) is 1.54. The van der Waals surface area contributed by atoms with Gasteiger partial charge < -0.3 is 9.64 Å². The summed E-state index contributed by atoms with van der Waals surface area (Å²) < 4.78 is 4.79. The molecule has 0 spiro atoms. The Morgan fingerprint density at radius 3 is 2.67 bits per heavy atom. The van der Waals surface area contributed by atoms with Crippen molar-refractivity contribution < 1.29 is 9.53 Å². The Kier molecular flexibility index (Phi) is 5.76. The summed E-state index contributed by atoms with van der Waals surface area (Å²) in [4.78, 5) is 16.5. The molecule has 0 aromatic heterocycles. The van der Waals surface area contributed by atoms with Gasteiger partial charge in [-0.1, -0.05) is 31.2 Å². The van der Waals surface area contributed by atoms with Crippen LogP contribution in [-0.2, 0) is 22.5 Å². The second-order valence-corrected chi connectivity index (χ2v) is 5.80. The van der Waals surface area contributed by atoms with Crippen molar-refractivity contribution in [2.24, 2.45) is 0 Å². The minimum absolute atomic E-state index is 0.174. The van der Waals surface area contributed by atoms with E-state index in [1.807, 2.05) is 18.2 Å². The Morgan fingerprint density at radius 1 is 1.29 bits per heavy atom. The number of carbonyl (C=O) groups is 1. The first-order valence-corrected chi connectivity index (χ1v) is 7.70. The Bertz CT molecular complexity index is 476. The monoisotopic (exact) mass is 290 g/mol. The van der Waals surface area contributed by atoms with Crippen LogP contribution < -0.4 is 0 Å². The molecule has 1 unspecified atom stereocenters. The Morgan fingerprint density at radius 2 is 2.00 bits per heavy atom. The molecule has 0 N–H and O–H groups in total. The van der Waals surface area contributed by atoms with Crippen LogP contribution in [0.15, 0.2) is 24.3 Å². The molecule has 1 aromatic carbocycles. The van der Waals surface area contributed by atoms with Gasteiger partial charge in [0.2, 0.25) is 0 Å². The van der Waals surface area contributed by atoms with Crippen LogP contribution in [0.25, 0.3) is 0 Å². The highest BCUT2D eigenvalue weighted by atomic mass is 16.5. The van der Waals surface area contributed by atoms with Crippen LogP contribution in [0.5, 0.6) is 0 Å². The van der Waals surface area contributed by atoms with Gasteiger partial charge in [-0.25, -0.2) is 0 Å². The molecule has 0 radical (unpaired) electrons. The van der Waals surface area contributed by atoms with Gasteiger partial charge in [0.05, 0.1) is 13.5 Å². The Labute approximate surface area is 127 Å². The average Bonchev–Trinajstić information content (AvgIpc) is 2.51. The molecule has 1 saturated heterocycles. The summed E-state index contributed by atoms with van der Waals surface area (Å²) in [6.45, 7) is 6.45. The van der Waals surface area contributed by atoms with E-state index in [2.05, 4.69) is 29.8 Å². The Balaban J connectivity index is 2.04. The van der Waals surface area contributed by atoms with E-state index in [9.17, 15) is 4.79 Å². The lowest BCUT2D eigenvalue weighted by molar-refractivity contribution is -0.139. The van der Waals surface area contributed by atoms with E-state index < -0.39 is 0 Å². The molecule has 1 aliphatic heterocycles. The number of rotatable bonds is 5. The van der Waals surface area contributed by atoms with Crippen LogP contribution in [0.3, 0.4) is 0 Å². The number of carbonyl (C=O) groups excluding carboxylic acids is 1. The van der Waals surface area contributed by atoms with E-state index in [0.717, 1.165) is 31.7 Å². The fourth-order valence-electron chi connectivity index (χ4n) is 2.95. The van der Waals surface area contributed by atoms with E-state index in [1.54, 1.807) is 0 Å². The molecular weight excluding hydrogens is 264 g/mol. The minimum Gasteiger partial charge on any atom is -0.469 e. The molecule has 1 atom stereocenters. The van der Waals surface area contributed by atoms with Crippen LogP contribution in [-0.4, -0.2) is 55.6 Å². The highest BCUT2D eigenvalue weighted by molar-refractivity contribution is 5.72. The second kappa shape index (κ2) is 7.57. The molecule has 0 saturated carbocycles. The van der Waals surface area contributed by atoms with Gasteiger partial charge in [0, 0.05) is 32.2 Å². The van der Waals surface area contributed by atoms with Crippen molar-refractivity contribution in [1.82, 2.24) is 9.80 Å². The smallest absolute Gasteiger partial charge is 0.309 e. The highest BCUT2D eigenvalue weighted by Crippen LogP contribution is 2.17. The van der Waals surface area contributed by atoms with Crippen molar-refractivity contribution >= 4 is 5.97 Å². The predicted octanol–water partition coefficient (Wildman–Crippen LogP) is 1.93. The summed E-state index contributed by atoms with van der Waals surface area (Å²) in [5.74, 6) is -0.174. The zero-order valence-electron chi connectivity index (χ0n) is 13.3. The molecule has 116 valence electrons. The maximum atomic E-state index is 11.5. The zero-order valence-corrected chi connectivity index (χ0v) is 13.3. The molecule has 2 rings (SSSR count). The van der Waals surface area contributed by atoms with Crippen LogP contribution >= 0.6 is 0 Å². The van der Waals surface area contributed by atoms with Gasteiger partial charge in [-0.15, -0.1) is 0 Å². The number of nitrogens with zero attached hydrogens (tertiary/aromatic N) is 2. The molecule has 0 bridgehead atoms. The molecular formula is C17H26N2O2. The summed E-state index contributed by atoms with van der Waals surface area (Å²) in [5, 5.41) is 0. The van der Waals surface area contributed by atoms with Crippen LogP contribution in [0.2, 0.25) is 0 Å². The van der Waals surface area contributed by atoms with Gasteiger partial charge in [-0.2, -0.15) is 0 Å². The van der Waals surface area contributed by atoms with Crippen molar-refractivity contribution in [3.63, 3.8) is 0 Å². The number of hydrogen-bond donors (Lipinski definition) is 0. The van der Waals surface area contributed by atoms with E-state index in [-0.39, 0.29) is 5.97 Å². The molecule has 1 heterocycles. The van der Waals surface area contributed by atoms with Gasteiger partial charge in [0.1, 0.15) is 0 Å². The number of esters is 1. The van der Waals surface area contributed by atoms with Crippen LogP contribution in [0.4, 0.5) is 0 Å². The third-order valence-electron chi connectivity index (χ3n) is 4.41. The maximum absolute atomic E-state index is 11.5. The van der Waals surface area contributed by atoms with Gasteiger partial charge in [0.25, 0.3) is 0 Å². The fraction of sp³-hybridized carbons (Fsp3) is 0.588. The van der Waals surface area contributed by atoms with E-state index in [0.29, 0.717) is 12.5 Å². The largest absolute Gasteiger partial charge is 0.469 e. The lowest BCUT2D eigenvalue weighted by Crippen LogP contribution is -2.50. The summed E-state index contributed by atoms with van der Waals surface area (Å²) in [5.41, 5.74) is 2.32. The number of likely N-dealkylation sites (N-methyl/N-ethyl adjacent to an activating group) is 1. The first kappa shape index (κ1) is 16.0. The van der Waals surface area contributed by atoms with Gasteiger partial charge >= 0.3 is 5.97 Å². The van der Waals surface area contributed by atoms with Gasteiger partial charge in [-0.3, -0.25) is 9.69 Å². The van der Waals surface area contributed by atoms with Crippen molar-refractivity contribution in [2.45, 2.75) is 32.4 Å². The van der Waals surface area contributed by atoms with Crippen molar-refractivity contribution in [3.05, 3.63) is 35.4 Å². The zero-order chi connectivity index (χ0) is 15.2. The van der Waals surface area contributed by atoms with E-state index >= 15 is 0 Å². The first-order valence-electron chi connectivity index (χ1n) is 7.70. The van der Waals surface area contributed by atoms with Crippen molar-refractivity contribution in [1.29, 1.82) is 0 Å². The molecule has 21 heavy (non-hydrogen) atoms. The molecule has 4 nitrogen and oxygen atoms in total. The maximum Gasteiger partial charge on any atom is 0.309 e. The molecule has 1 fully saturated rings. The minimum atomic E-state index is -0.174. The van der Waals surface area contributed by atoms with Crippen molar-refractivity contribution in [3.8, 4) is 0 Å². The normalized spacial score (nSPS) is 20.4. The van der Waals surface area contributed by atoms with Gasteiger partial charge in [-0.05, 0) is 24.6 Å². The van der Waals surface area contributed by atoms with Crippen LogP contribution in [0.1, 0.15) is 24.5 Å². The molecule has 1 aromatic rings. The van der Waals surface area contributed by atoms with Crippen LogP contribution in [0, 0.1) is 0 Å². The van der Waals surface area contributed by atoms with Gasteiger partial charge in [0.15, 0.2) is 0 Å². The molecule has 0 aliphatic carbocycles. The molecule has 0 amide bonds. The fourth-order valence-corrected chi connectivity index (χ4v) is 2.95. The quantitative estimate of drug-likeness (QED) is 0.776. The van der Waals surface area contributed by atoms with Crippen molar-refractivity contribution in [2.75, 3.05) is 33.8 Å². The first-order chi connectivity index (χ1) is 10.1. The third kappa shape index (κ3) is 4.29. The SMILES string of the molecule is CCC1CN(Cc2ccccc2CC(=O)OC)CCN1C. The molecule has 1 aliphatic rings. The number of ether oxygens (including phenoxy) is 1. The molecule has 4 heteroatoms. The second-order valence-electron chi connectivity index (χ2n) is 5.80. The summed E-state index contributed by atoms with van der Waals surface area (Å²) >= 11 is 0. The number of hydrogen-bond acceptors (Lipinski definition) is 4. The standard InChI is InChI=1S/C17H26N2O2/c1-4-16-13-19(10-9-18(16)2)12-15-8-6-5-7-14(15)11-17(20)21-3/h5-8,16H,4,9-13H2,1-3H3. The predicted molar refractivity (Wildman–Crippen MR) is 84.1 cm³/mol. The summed E-state index contributed by atoms with van der Waals surface area (Å²) in [7, 11) is 3.65. The number of piperazine rings is 1. The lowest BCUT2D eigenvalue weighted by Gasteiger charge is -2.39. The lowest BCUT2D eigenvalue weighted by atomic mass is 10.0. The van der Waals surface area contributed by atoms with E-state index in [1.165, 1.54) is 19.1 Å². The number of benzene rings is 1. The summed E-state index contributed by atoms with van der Waals surface area (Å²) in [6, 6.07) is 8.81. The third-order valence-corrected chi connectivity index (χ3v) is 4.41.